The zero-order valence-electron chi connectivity index (χ0n) is 10.3. The monoisotopic (exact) mass is 310 g/mol. The average molecular weight is 310 g/mol. The third-order valence-corrected chi connectivity index (χ3v) is 3.41. The Hall–Kier alpha value is -2.05. The van der Waals surface area contributed by atoms with Crippen LogP contribution in [-0.2, 0) is 0 Å². The number of nitrogens with zero attached hydrogens (tertiary/aromatic N) is 4. The molecule has 2 heterocycles. The van der Waals surface area contributed by atoms with Gasteiger partial charge in [0.2, 0.25) is 0 Å². The number of aromatic nitrogens is 2. The molecule has 0 bridgehead atoms. The van der Waals surface area contributed by atoms with Gasteiger partial charge < -0.3 is 4.90 Å². The van der Waals surface area contributed by atoms with Gasteiger partial charge in [-0.3, -0.25) is 4.98 Å². The van der Waals surface area contributed by atoms with E-state index in [4.69, 9.17) is 5.26 Å². The molecule has 1 aliphatic rings. The van der Waals surface area contributed by atoms with Crippen LogP contribution in [-0.4, -0.2) is 35.4 Å². The largest absolute Gasteiger partial charge is 0.404 e. The van der Waals surface area contributed by atoms with Crippen molar-refractivity contribution in [1.82, 2.24) is 9.97 Å². The first-order chi connectivity index (χ1) is 9.61. The smallest absolute Gasteiger partial charge is 0.354 e. The number of anilines is 1. The van der Waals surface area contributed by atoms with Gasteiger partial charge in [0.1, 0.15) is 11.9 Å². The maximum Gasteiger partial charge on any atom is 0.404 e. The Kier molecular flexibility index (Phi) is 3.47. The van der Waals surface area contributed by atoms with E-state index >= 15 is 0 Å². The molecule has 1 fully saturated rings. The molecule has 0 saturated carbocycles. The van der Waals surface area contributed by atoms with Crippen LogP contribution in [0.1, 0.15) is 12.1 Å². The van der Waals surface area contributed by atoms with Gasteiger partial charge in [-0.1, -0.05) is 0 Å². The minimum atomic E-state index is -5.42. The highest BCUT2D eigenvalue weighted by molar-refractivity contribution is 5.41. The van der Waals surface area contributed by atoms with Crippen LogP contribution in [0, 0.1) is 16.7 Å². The molecule has 4 nitrogen and oxygen atoms in total. The first kappa shape index (κ1) is 15.3. The average Bonchev–Trinajstić information content (AvgIpc) is 2.84. The van der Waals surface area contributed by atoms with E-state index in [1.807, 2.05) is 0 Å². The number of hydrogen-bond donors (Lipinski definition) is 0. The van der Waals surface area contributed by atoms with E-state index in [0.717, 1.165) is 17.3 Å². The van der Waals surface area contributed by atoms with Crippen molar-refractivity contribution in [3.8, 4) is 6.07 Å². The molecular weight excluding hydrogens is 302 g/mol. The molecule has 1 aromatic heterocycles. The minimum absolute atomic E-state index is 0.176. The minimum Gasteiger partial charge on any atom is -0.354 e. The normalized spacial score (nSPS) is 18.6. The first-order valence-corrected chi connectivity index (χ1v) is 5.71. The lowest BCUT2D eigenvalue weighted by molar-refractivity contribution is -0.332. The Morgan fingerprint density at radius 1 is 1.14 bits per heavy atom. The molecule has 0 radical (unpaired) electrons. The van der Waals surface area contributed by atoms with Crippen molar-refractivity contribution in [3.63, 3.8) is 0 Å². The summed E-state index contributed by atoms with van der Waals surface area (Å²) in [6.07, 6.45) is -9.84. The summed E-state index contributed by atoms with van der Waals surface area (Å²) in [6, 6.07) is 1.63. The van der Waals surface area contributed by atoms with Crippen molar-refractivity contribution < 1.29 is 26.3 Å². The highest BCUT2D eigenvalue weighted by Crippen LogP contribution is 2.55. The Morgan fingerprint density at radius 3 is 2.24 bits per heavy atom. The fraction of sp³-hybridized carbons (Fsp3) is 0.545. The molecule has 0 unspecified atom stereocenters. The van der Waals surface area contributed by atoms with Crippen molar-refractivity contribution in [2.24, 2.45) is 5.41 Å². The second-order valence-electron chi connectivity index (χ2n) is 4.62. The van der Waals surface area contributed by atoms with Gasteiger partial charge in [0.15, 0.2) is 11.1 Å². The SMILES string of the molecule is N#Cc1cncc(N2CCC(C(F)(F)F)(C(F)(F)F)C2)n1. The first-order valence-electron chi connectivity index (χ1n) is 5.71. The predicted octanol–water partition coefficient (Wildman–Crippen LogP) is 2.67. The van der Waals surface area contributed by atoms with Crippen LogP contribution < -0.4 is 4.90 Å². The lowest BCUT2D eigenvalue weighted by atomic mass is 9.85. The van der Waals surface area contributed by atoms with Gasteiger partial charge in [0, 0.05) is 13.1 Å². The molecule has 2 rings (SSSR count). The molecule has 1 saturated heterocycles. The second-order valence-corrected chi connectivity index (χ2v) is 4.62. The number of alkyl halides is 6. The summed E-state index contributed by atoms with van der Waals surface area (Å²) < 4.78 is 77.5. The van der Waals surface area contributed by atoms with Gasteiger partial charge >= 0.3 is 12.4 Å². The van der Waals surface area contributed by atoms with Gasteiger partial charge in [-0.2, -0.15) is 31.6 Å². The molecule has 1 aromatic rings. The maximum absolute atomic E-state index is 12.9. The maximum atomic E-state index is 12.9. The summed E-state index contributed by atoms with van der Waals surface area (Å²) >= 11 is 0. The summed E-state index contributed by atoms with van der Waals surface area (Å²) in [7, 11) is 0. The fourth-order valence-electron chi connectivity index (χ4n) is 2.19. The zero-order chi connectivity index (χ0) is 15.9. The van der Waals surface area contributed by atoms with Crippen molar-refractivity contribution in [1.29, 1.82) is 5.26 Å². The third kappa shape index (κ3) is 2.48. The zero-order valence-corrected chi connectivity index (χ0v) is 10.3. The van der Waals surface area contributed by atoms with Crippen LogP contribution in [0.2, 0.25) is 0 Å². The highest BCUT2D eigenvalue weighted by atomic mass is 19.4. The van der Waals surface area contributed by atoms with Crippen LogP contribution in [0.5, 0.6) is 0 Å². The van der Waals surface area contributed by atoms with E-state index in [-0.39, 0.29) is 11.5 Å². The molecule has 0 amide bonds. The molecule has 114 valence electrons. The van der Waals surface area contributed by atoms with Gasteiger partial charge in [-0.05, 0) is 6.42 Å². The van der Waals surface area contributed by atoms with Crippen molar-refractivity contribution in [2.75, 3.05) is 18.0 Å². The summed E-state index contributed by atoms with van der Waals surface area (Å²) in [5, 5.41) is 8.64. The molecule has 10 heteroatoms. The Bertz CT molecular complexity index is 559. The molecule has 21 heavy (non-hydrogen) atoms. The molecular formula is C11H8F6N4. The molecule has 1 aliphatic heterocycles. The fourth-order valence-corrected chi connectivity index (χ4v) is 2.19. The predicted molar refractivity (Wildman–Crippen MR) is 58.1 cm³/mol. The Balaban J connectivity index is 2.35. The van der Waals surface area contributed by atoms with Crippen LogP contribution in [0.3, 0.4) is 0 Å². The molecule has 0 atom stereocenters. The lowest BCUT2D eigenvalue weighted by Crippen LogP contribution is -2.51. The number of hydrogen-bond acceptors (Lipinski definition) is 4. The van der Waals surface area contributed by atoms with Crippen molar-refractivity contribution in [3.05, 3.63) is 18.1 Å². The van der Waals surface area contributed by atoms with Gasteiger partial charge in [-0.15, -0.1) is 0 Å². The van der Waals surface area contributed by atoms with Crippen LogP contribution in [0.4, 0.5) is 32.2 Å². The molecule has 0 aliphatic carbocycles. The summed E-state index contributed by atoms with van der Waals surface area (Å²) in [6.45, 7) is -1.76. The number of nitriles is 1. The standard InChI is InChI=1S/C11H8F6N4/c12-10(13,14)9(11(15,16)17)1-2-21(6-9)8-5-19-4-7(3-18)20-8/h4-5H,1-2,6H2. The van der Waals surface area contributed by atoms with Crippen molar-refractivity contribution in [2.45, 2.75) is 18.8 Å². The molecule has 0 N–H and O–H groups in total. The Morgan fingerprint density at radius 2 is 1.76 bits per heavy atom. The van der Waals surface area contributed by atoms with Gasteiger partial charge in [0.25, 0.3) is 0 Å². The Labute approximate surface area is 115 Å². The topological polar surface area (TPSA) is 52.8 Å². The van der Waals surface area contributed by atoms with E-state index in [1.54, 1.807) is 6.07 Å². The quantitative estimate of drug-likeness (QED) is 0.748. The van der Waals surface area contributed by atoms with E-state index < -0.39 is 37.3 Å². The number of halogens is 6. The summed E-state index contributed by atoms with van der Waals surface area (Å²) in [5.41, 5.74) is -3.96. The van der Waals surface area contributed by atoms with E-state index in [9.17, 15) is 26.3 Å². The lowest BCUT2D eigenvalue weighted by Gasteiger charge is -2.33. The number of rotatable bonds is 1. The van der Waals surface area contributed by atoms with Crippen LogP contribution in [0.15, 0.2) is 12.4 Å². The van der Waals surface area contributed by atoms with E-state index in [2.05, 4.69) is 9.97 Å². The molecule has 0 spiro atoms. The third-order valence-electron chi connectivity index (χ3n) is 3.41. The van der Waals surface area contributed by atoms with E-state index in [0.29, 0.717) is 0 Å². The van der Waals surface area contributed by atoms with Crippen molar-refractivity contribution >= 4 is 5.82 Å². The van der Waals surface area contributed by atoms with Crippen LogP contribution >= 0.6 is 0 Å². The summed E-state index contributed by atoms with van der Waals surface area (Å²) in [4.78, 5) is 8.10. The molecule has 0 aromatic carbocycles. The van der Waals surface area contributed by atoms with Crippen LogP contribution in [0.25, 0.3) is 0 Å². The summed E-state index contributed by atoms with van der Waals surface area (Å²) in [5.74, 6) is -0.176. The van der Waals surface area contributed by atoms with E-state index in [1.165, 1.54) is 0 Å². The highest BCUT2D eigenvalue weighted by Gasteiger charge is 2.72. The van der Waals surface area contributed by atoms with Gasteiger partial charge in [-0.25, -0.2) is 4.98 Å². The second kappa shape index (κ2) is 4.75. The van der Waals surface area contributed by atoms with Gasteiger partial charge in [0.05, 0.1) is 12.4 Å².